The number of hydroxylamine groups is 2. The van der Waals surface area contributed by atoms with Gasteiger partial charge in [-0.05, 0) is 6.42 Å². The van der Waals surface area contributed by atoms with Crippen molar-refractivity contribution in [1.82, 2.24) is 5.23 Å². The highest BCUT2D eigenvalue weighted by atomic mass is 16.9. The number of rotatable bonds is 3. The fraction of sp³-hybridized carbons (Fsp3) is 1.00. The molecule has 1 N–H and O–H groups in total. The van der Waals surface area contributed by atoms with Crippen LogP contribution in [0, 0.1) is 0 Å². The average molecular weight is 105 g/mol. The molecule has 0 aliphatic rings. The lowest BCUT2D eigenvalue weighted by Gasteiger charge is -2.07. The minimum absolute atomic E-state index is 0.566. The Labute approximate surface area is 43.4 Å². The van der Waals surface area contributed by atoms with Crippen molar-refractivity contribution in [3.05, 3.63) is 0 Å². The molecule has 0 unspecified atom stereocenters. The second-order valence-corrected chi connectivity index (χ2v) is 1.26. The van der Waals surface area contributed by atoms with Crippen LogP contribution in [-0.4, -0.2) is 24.1 Å². The molecular formula is C4H11NO2. The SMILES string of the molecule is CCCN(O)OC. The third kappa shape index (κ3) is 3.72. The van der Waals surface area contributed by atoms with E-state index in [0.717, 1.165) is 11.6 Å². The molecule has 0 rings (SSSR count). The van der Waals surface area contributed by atoms with Crippen LogP contribution < -0.4 is 0 Å². The molecule has 0 atom stereocenters. The fourth-order valence-corrected chi connectivity index (χ4v) is 0.283. The second-order valence-electron chi connectivity index (χ2n) is 1.26. The minimum atomic E-state index is 0.566. The van der Waals surface area contributed by atoms with E-state index < -0.39 is 0 Å². The predicted octanol–water partition coefficient (Wildman–Crippen LogP) is 0.649. The lowest BCUT2D eigenvalue weighted by atomic mass is 10.5. The Bertz CT molecular complexity index is 40.7. The molecule has 0 bridgehead atoms. The molecule has 0 aliphatic heterocycles. The van der Waals surface area contributed by atoms with Crippen molar-refractivity contribution in [3.8, 4) is 0 Å². The second kappa shape index (κ2) is 4.05. The smallest absolute Gasteiger partial charge is 0.0601 e. The Morgan fingerprint density at radius 1 is 1.71 bits per heavy atom. The third-order valence-electron chi connectivity index (χ3n) is 0.626. The van der Waals surface area contributed by atoms with Crippen LogP contribution in [0.15, 0.2) is 0 Å². The van der Waals surface area contributed by atoms with Crippen LogP contribution in [-0.2, 0) is 4.84 Å². The number of nitrogens with zero attached hydrogens (tertiary/aromatic N) is 1. The van der Waals surface area contributed by atoms with E-state index in [0.29, 0.717) is 6.54 Å². The number of hydrogen-bond donors (Lipinski definition) is 1. The van der Waals surface area contributed by atoms with Crippen LogP contribution >= 0.6 is 0 Å². The van der Waals surface area contributed by atoms with E-state index in [1.54, 1.807) is 0 Å². The van der Waals surface area contributed by atoms with Crippen LogP contribution in [0.25, 0.3) is 0 Å². The van der Waals surface area contributed by atoms with Gasteiger partial charge in [0.1, 0.15) is 0 Å². The molecule has 44 valence electrons. The van der Waals surface area contributed by atoms with Gasteiger partial charge in [0.2, 0.25) is 0 Å². The summed E-state index contributed by atoms with van der Waals surface area (Å²) in [7, 11) is 1.43. The van der Waals surface area contributed by atoms with E-state index in [-0.39, 0.29) is 0 Å². The summed E-state index contributed by atoms with van der Waals surface area (Å²) in [4.78, 5) is 4.38. The molecule has 0 saturated heterocycles. The summed E-state index contributed by atoms with van der Waals surface area (Å²) in [6, 6.07) is 0. The lowest BCUT2D eigenvalue weighted by molar-refractivity contribution is -0.325. The molecule has 0 aromatic carbocycles. The van der Waals surface area contributed by atoms with Gasteiger partial charge in [0.15, 0.2) is 0 Å². The highest BCUT2D eigenvalue weighted by molar-refractivity contribution is 4.23. The quantitative estimate of drug-likeness (QED) is 0.535. The van der Waals surface area contributed by atoms with E-state index in [9.17, 15) is 0 Å². The van der Waals surface area contributed by atoms with Crippen LogP contribution in [0.3, 0.4) is 0 Å². The summed E-state index contributed by atoms with van der Waals surface area (Å²) in [5.74, 6) is 0. The molecule has 0 aromatic rings. The molecule has 0 heterocycles. The molecule has 0 radical (unpaired) electrons. The maximum absolute atomic E-state index is 8.47. The van der Waals surface area contributed by atoms with Crippen LogP contribution in [0.2, 0.25) is 0 Å². The molecule has 0 aliphatic carbocycles. The summed E-state index contributed by atoms with van der Waals surface area (Å²) < 4.78 is 0. The third-order valence-corrected chi connectivity index (χ3v) is 0.626. The average Bonchev–Trinajstić information content (AvgIpc) is 1.68. The monoisotopic (exact) mass is 105 g/mol. The zero-order valence-corrected chi connectivity index (χ0v) is 4.72. The van der Waals surface area contributed by atoms with Crippen molar-refractivity contribution in [2.45, 2.75) is 13.3 Å². The first-order chi connectivity index (χ1) is 3.31. The first-order valence-corrected chi connectivity index (χ1v) is 2.31. The summed E-state index contributed by atoms with van der Waals surface area (Å²) in [5, 5.41) is 9.27. The summed E-state index contributed by atoms with van der Waals surface area (Å²) >= 11 is 0. The van der Waals surface area contributed by atoms with E-state index >= 15 is 0 Å². The van der Waals surface area contributed by atoms with E-state index in [1.807, 2.05) is 6.92 Å². The van der Waals surface area contributed by atoms with Crippen molar-refractivity contribution < 1.29 is 10.0 Å². The molecule has 0 fully saturated rings. The maximum Gasteiger partial charge on any atom is 0.0601 e. The molecule has 3 nitrogen and oxygen atoms in total. The van der Waals surface area contributed by atoms with Gasteiger partial charge in [-0.15, -0.1) is 0 Å². The maximum atomic E-state index is 8.47. The summed E-state index contributed by atoms with van der Waals surface area (Å²) in [5.41, 5.74) is 0. The van der Waals surface area contributed by atoms with Gasteiger partial charge in [0.25, 0.3) is 0 Å². The topological polar surface area (TPSA) is 32.7 Å². The minimum Gasteiger partial charge on any atom is -0.290 e. The zero-order valence-electron chi connectivity index (χ0n) is 4.72. The van der Waals surface area contributed by atoms with Gasteiger partial charge in [-0.3, -0.25) is 10.0 Å². The molecule has 0 saturated carbocycles. The molecular weight excluding hydrogens is 94.0 g/mol. The van der Waals surface area contributed by atoms with Crippen LogP contribution in [0.4, 0.5) is 0 Å². The summed E-state index contributed by atoms with van der Waals surface area (Å²) in [6.45, 7) is 2.53. The standard InChI is InChI=1S/C4H11NO2/c1-3-4-5(6)7-2/h6H,3-4H2,1-2H3. The fourth-order valence-electron chi connectivity index (χ4n) is 0.283. The molecule has 0 aromatic heterocycles. The zero-order chi connectivity index (χ0) is 5.70. The first-order valence-electron chi connectivity index (χ1n) is 2.31. The van der Waals surface area contributed by atoms with E-state index in [4.69, 9.17) is 5.21 Å². The van der Waals surface area contributed by atoms with Gasteiger partial charge in [-0.2, -0.15) is 0 Å². The van der Waals surface area contributed by atoms with Gasteiger partial charge in [0.05, 0.1) is 13.7 Å². The molecule has 3 heteroatoms. The molecule has 0 amide bonds. The van der Waals surface area contributed by atoms with Crippen molar-refractivity contribution in [2.24, 2.45) is 0 Å². The van der Waals surface area contributed by atoms with Crippen molar-refractivity contribution in [3.63, 3.8) is 0 Å². The highest BCUT2D eigenvalue weighted by Crippen LogP contribution is 1.81. The Morgan fingerprint density at radius 3 is 2.43 bits per heavy atom. The Morgan fingerprint density at radius 2 is 2.29 bits per heavy atom. The Balaban J connectivity index is 2.83. The van der Waals surface area contributed by atoms with Gasteiger partial charge in [-0.25, -0.2) is 0 Å². The Kier molecular flexibility index (Phi) is 3.98. The predicted molar refractivity (Wildman–Crippen MR) is 25.8 cm³/mol. The van der Waals surface area contributed by atoms with Crippen molar-refractivity contribution >= 4 is 0 Å². The number of hydrogen-bond acceptors (Lipinski definition) is 3. The largest absolute Gasteiger partial charge is 0.290 e. The normalized spacial score (nSPS) is 10.3. The van der Waals surface area contributed by atoms with Gasteiger partial charge < -0.3 is 0 Å². The van der Waals surface area contributed by atoms with Crippen LogP contribution in [0.5, 0.6) is 0 Å². The van der Waals surface area contributed by atoms with Gasteiger partial charge >= 0.3 is 0 Å². The highest BCUT2D eigenvalue weighted by Gasteiger charge is 1.89. The summed E-state index contributed by atoms with van der Waals surface area (Å²) in [6.07, 6.45) is 0.893. The van der Waals surface area contributed by atoms with Gasteiger partial charge in [-0.1, -0.05) is 12.2 Å². The first kappa shape index (κ1) is 6.88. The van der Waals surface area contributed by atoms with Crippen molar-refractivity contribution in [1.29, 1.82) is 0 Å². The lowest BCUT2D eigenvalue weighted by Crippen LogP contribution is -2.17. The van der Waals surface area contributed by atoms with E-state index in [1.165, 1.54) is 7.11 Å². The van der Waals surface area contributed by atoms with Gasteiger partial charge in [0, 0.05) is 0 Å². The Hall–Kier alpha value is -0.120. The molecule has 0 spiro atoms. The van der Waals surface area contributed by atoms with E-state index in [2.05, 4.69) is 4.84 Å². The molecule has 7 heavy (non-hydrogen) atoms. The van der Waals surface area contributed by atoms with Crippen LogP contribution in [0.1, 0.15) is 13.3 Å². The van der Waals surface area contributed by atoms with Crippen molar-refractivity contribution in [2.75, 3.05) is 13.7 Å².